The van der Waals surface area contributed by atoms with Crippen LogP contribution < -0.4 is 4.90 Å². The Hall–Kier alpha value is -1.44. The highest BCUT2D eigenvalue weighted by molar-refractivity contribution is 9.10. The molecule has 0 aromatic heterocycles. The normalized spacial score (nSPS) is 23.1. The molecule has 4 rings (SSSR count). The van der Waals surface area contributed by atoms with Crippen LogP contribution in [-0.4, -0.2) is 27.7 Å². The highest BCUT2D eigenvalue weighted by Crippen LogP contribution is 2.46. The predicted octanol–water partition coefficient (Wildman–Crippen LogP) is 4.34. The quantitative estimate of drug-likeness (QED) is 0.671. The SMILES string of the molecule is O=C1[C@@H]2CSC(c3ccc(Br)cc3)N2C(=S)N1c1ccc(F)cc1. The first-order valence-electron chi connectivity index (χ1n) is 7.35. The van der Waals surface area contributed by atoms with E-state index in [0.717, 1.165) is 10.0 Å². The van der Waals surface area contributed by atoms with E-state index in [1.54, 1.807) is 23.9 Å². The summed E-state index contributed by atoms with van der Waals surface area (Å²) < 4.78 is 14.2. The van der Waals surface area contributed by atoms with E-state index in [0.29, 0.717) is 16.6 Å². The van der Waals surface area contributed by atoms with Crippen molar-refractivity contribution in [3.8, 4) is 0 Å². The van der Waals surface area contributed by atoms with Gasteiger partial charge in [0.25, 0.3) is 5.91 Å². The number of nitrogens with zero attached hydrogens (tertiary/aromatic N) is 2. The molecule has 0 spiro atoms. The summed E-state index contributed by atoms with van der Waals surface area (Å²) in [5.41, 5.74) is 1.72. The third kappa shape index (κ3) is 2.55. The van der Waals surface area contributed by atoms with Crippen molar-refractivity contribution in [1.82, 2.24) is 4.90 Å². The molecule has 0 saturated carbocycles. The lowest BCUT2D eigenvalue weighted by Gasteiger charge is -2.25. The van der Waals surface area contributed by atoms with Gasteiger partial charge in [-0.25, -0.2) is 4.39 Å². The van der Waals surface area contributed by atoms with Crippen molar-refractivity contribution < 1.29 is 9.18 Å². The van der Waals surface area contributed by atoms with Crippen LogP contribution >= 0.6 is 39.9 Å². The van der Waals surface area contributed by atoms with Gasteiger partial charge in [-0.1, -0.05) is 28.1 Å². The molecule has 1 unspecified atom stereocenters. The van der Waals surface area contributed by atoms with Crippen molar-refractivity contribution >= 4 is 56.6 Å². The topological polar surface area (TPSA) is 23.6 Å². The first kappa shape index (κ1) is 16.1. The maximum absolute atomic E-state index is 13.2. The van der Waals surface area contributed by atoms with E-state index in [9.17, 15) is 9.18 Å². The van der Waals surface area contributed by atoms with Crippen LogP contribution in [-0.2, 0) is 4.79 Å². The molecule has 122 valence electrons. The molecular formula is C17H12BrFN2OS2. The molecule has 0 N–H and O–H groups in total. The molecule has 24 heavy (non-hydrogen) atoms. The smallest absolute Gasteiger partial charge is 0.257 e. The molecule has 1 amide bonds. The summed E-state index contributed by atoms with van der Waals surface area (Å²) >= 11 is 10.7. The van der Waals surface area contributed by atoms with Gasteiger partial charge in [0.05, 0.1) is 5.69 Å². The van der Waals surface area contributed by atoms with Crippen LogP contribution in [0.15, 0.2) is 53.0 Å². The van der Waals surface area contributed by atoms with E-state index in [2.05, 4.69) is 15.9 Å². The second-order valence-corrected chi connectivity index (χ2v) is 7.99. The Bertz CT molecular complexity index is 812. The molecule has 0 bridgehead atoms. The fraction of sp³-hybridized carbons (Fsp3) is 0.176. The summed E-state index contributed by atoms with van der Waals surface area (Å²) in [6.07, 6.45) is 0. The highest BCUT2D eigenvalue weighted by atomic mass is 79.9. The first-order chi connectivity index (χ1) is 11.6. The molecule has 2 aliphatic rings. The lowest BCUT2D eigenvalue weighted by molar-refractivity contribution is -0.119. The van der Waals surface area contributed by atoms with Gasteiger partial charge < -0.3 is 4.90 Å². The van der Waals surface area contributed by atoms with Gasteiger partial charge in [-0.2, -0.15) is 0 Å². The molecule has 2 saturated heterocycles. The number of carbonyl (C=O) groups is 1. The van der Waals surface area contributed by atoms with E-state index in [4.69, 9.17) is 12.2 Å². The highest BCUT2D eigenvalue weighted by Gasteiger charge is 2.50. The molecule has 2 fully saturated rings. The summed E-state index contributed by atoms with van der Waals surface area (Å²) in [6.45, 7) is 0. The number of rotatable bonds is 2. The number of benzene rings is 2. The number of hydrogen-bond donors (Lipinski definition) is 0. The lowest BCUT2D eigenvalue weighted by Crippen LogP contribution is -2.33. The van der Waals surface area contributed by atoms with Crippen LogP contribution in [0.3, 0.4) is 0 Å². The van der Waals surface area contributed by atoms with Gasteiger partial charge in [-0.15, -0.1) is 11.8 Å². The van der Waals surface area contributed by atoms with Gasteiger partial charge in [0.2, 0.25) is 0 Å². The molecule has 2 aliphatic heterocycles. The van der Waals surface area contributed by atoms with Crippen molar-refractivity contribution in [3.63, 3.8) is 0 Å². The van der Waals surface area contributed by atoms with Gasteiger partial charge in [-0.3, -0.25) is 9.69 Å². The Kier molecular flexibility index (Phi) is 4.10. The number of halogens is 2. The molecule has 2 heterocycles. The minimum Gasteiger partial charge on any atom is -0.319 e. The third-order valence-corrected chi connectivity index (χ3v) is 6.40. The summed E-state index contributed by atoms with van der Waals surface area (Å²) in [7, 11) is 0. The molecule has 3 nitrogen and oxygen atoms in total. The monoisotopic (exact) mass is 422 g/mol. The molecule has 2 aromatic rings. The van der Waals surface area contributed by atoms with Gasteiger partial charge >= 0.3 is 0 Å². The number of fused-ring (bicyclic) bond motifs is 1. The van der Waals surface area contributed by atoms with Gasteiger partial charge in [0.1, 0.15) is 17.2 Å². The average molecular weight is 423 g/mol. The van der Waals surface area contributed by atoms with E-state index in [-0.39, 0.29) is 23.1 Å². The number of carbonyl (C=O) groups excluding carboxylic acids is 1. The first-order valence-corrected chi connectivity index (χ1v) is 9.60. The number of amides is 1. The molecule has 0 radical (unpaired) electrons. The van der Waals surface area contributed by atoms with Crippen LogP contribution in [0.2, 0.25) is 0 Å². The largest absolute Gasteiger partial charge is 0.319 e. The fourth-order valence-corrected chi connectivity index (χ4v) is 5.18. The van der Waals surface area contributed by atoms with Crippen molar-refractivity contribution in [3.05, 3.63) is 64.4 Å². The molecular weight excluding hydrogens is 411 g/mol. The van der Waals surface area contributed by atoms with Crippen molar-refractivity contribution in [2.45, 2.75) is 11.4 Å². The number of hydrogen-bond acceptors (Lipinski definition) is 3. The predicted molar refractivity (Wildman–Crippen MR) is 101 cm³/mol. The number of thiocarbonyl (C=S) groups is 1. The zero-order valence-electron chi connectivity index (χ0n) is 12.4. The average Bonchev–Trinajstić information content (AvgIpc) is 3.11. The third-order valence-electron chi connectivity index (χ3n) is 4.16. The zero-order chi connectivity index (χ0) is 16.8. The van der Waals surface area contributed by atoms with Gasteiger partial charge in [0, 0.05) is 10.2 Å². The molecule has 0 aliphatic carbocycles. The standard InChI is InChI=1S/C17H12BrFN2OS2/c18-11-3-1-10(2-4-11)16-21-14(9-24-16)15(22)20(17(21)23)13-7-5-12(19)6-8-13/h1-8,14,16H,9H2/t14-,16?/m0/s1. The van der Waals surface area contributed by atoms with Crippen LogP contribution in [0.5, 0.6) is 0 Å². The second kappa shape index (κ2) is 6.13. The Labute approximate surface area is 156 Å². The van der Waals surface area contributed by atoms with E-state index < -0.39 is 0 Å². The number of anilines is 1. The van der Waals surface area contributed by atoms with E-state index in [1.165, 1.54) is 17.0 Å². The lowest BCUT2D eigenvalue weighted by atomic mass is 10.2. The molecule has 2 atom stereocenters. The zero-order valence-corrected chi connectivity index (χ0v) is 15.6. The molecule has 7 heteroatoms. The Morgan fingerprint density at radius 1 is 1.12 bits per heavy atom. The minimum absolute atomic E-state index is 0.0185. The Morgan fingerprint density at radius 3 is 2.46 bits per heavy atom. The Morgan fingerprint density at radius 2 is 1.79 bits per heavy atom. The van der Waals surface area contributed by atoms with Crippen molar-refractivity contribution in [1.29, 1.82) is 0 Å². The summed E-state index contributed by atoms with van der Waals surface area (Å²) in [5, 5.41) is 0.500. The van der Waals surface area contributed by atoms with Crippen LogP contribution in [0, 0.1) is 5.82 Å². The van der Waals surface area contributed by atoms with Crippen LogP contribution in [0.1, 0.15) is 10.9 Å². The van der Waals surface area contributed by atoms with Crippen LogP contribution in [0.4, 0.5) is 10.1 Å². The maximum Gasteiger partial charge on any atom is 0.257 e. The van der Waals surface area contributed by atoms with E-state index >= 15 is 0 Å². The van der Waals surface area contributed by atoms with E-state index in [1.807, 2.05) is 29.2 Å². The summed E-state index contributed by atoms with van der Waals surface area (Å²) in [6, 6.07) is 13.7. The van der Waals surface area contributed by atoms with Crippen molar-refractivity contribution in [2.24, 2.45) is 0 Å². The second-order valence-electron chi connectivity index (χ2n) is 5.59. The maximum atomic E-state index is 13.2. The number of thioether (sulfide) groups is 1. The summed E-state index contributed by atoms with van der Waals surface area (Å²) in [5.74, 6) is 0.316. The van der Waals surface area contributed by atoms with Crippen molar-refractivity contribution in [2.75, 3.05) is 10.7 Å². The summed E-state index contributed by atoms with van der Waals surface area (Å²) in [4.78, 5) is 16.3. The fourth-order valence-electron chi connectivity index (χ4n) is 3.00. The van der Waals surface area contributed by atoms with Gasteiger partial charge in [0.15, 0.2) is 5.11 Å². The van der Waals surface area contributed by atoms with Gasteiger partial charge in [-0.05, 0) is 54.2 Å². The minimum atomic E-state index is -0.333. The molecule has 2 aromatic carbocycles. The Balaban J connectivity index is 1.67. The van der Waals surface area contributed by atoms with Crippen LogP contribution in [0.25, 0.3) is 0 Å².